The number of carbonyl (C=O) groups excluding carboxylic acids is 1. The van der Waals surface area contributed by atoms with Crippen LogP contribution in [0.4, 0.5) is 19.5 Å². The number of aryl methyl sites for hydroxylation is 1. The summed E-state index contributed by atoms with van der Waals surface area (Å²) in [7, 11) is 0. The lowest BCUT2D eigenvalue weighted by molar-refractivity contribution is 0.180. The minimum Gasteiger partial charge on any atom is -0.324 e. The molecule has 4 rings (SSSR count). The quantitative estimate of drug-likeness (QED) is 0.741. The molecule has 1 aliphatic rings. The summed E-state index contributed by atoms with van der Waals surface area (Å²) in [6.45, 7) is 1.27. The van der Waals surface area contributed by atoms with E-state index in [1.54, 1.807) is 15.6 Å². The van der Waals surface area contributed by atoms with Crippen molar-refractivity contribution in [2.24, 2.45) is 5.92 Å². The average molecular weight is 385 g/mol. The summed E-state index contributed by atoms with van der Waals surface area (Å²) in [5.74, 6) is -0.343. The van der Waals surface area contributed by atoms with Crippen LogP contribution in [0.15, 0.2) is 42.6 Å². The fraction of sp³-hybridized carbons (Fsp3) is 0.350. The Bertz CT molecular complexity index is 949. The third-order valence-corrected chi connectivity index (χ3v) is 5.20. The number of halogens is 2. The molecule has 0 spiro atoms. The second-order valence-electron chi connectivity index (χ2n) is 7.07. The molecule has 0 radical (unpaired) electrons. The molecule has 146 valence electrons. The number of urea groups is 1. The summed E-state index contributed by atoms with van der Waals surface area (Å²) in [5, 5.41) is 6.97. The van der Waals surface area contributed by atoms with Crippen molar-refractivity contribution in [2.75, 3.05) is 18.4 Å². The smallest absolute Gasteiger partial charge is 0.324 e. The highest BCUT2D eigenvalue weighted by Gasteiger charge is 2.23. The summed E-state index contributed by atoms with van der Waals surface area (Å²) in [5.41, 5.74) is 1.21. The normalized spacial score (nSPS) is 15.1. The molecule has 3 aromatic rings. The van der Waals surface area contributed by atoms with Gasteiger partial charge in [0.25, 0.3) is 5.95 Å². The van der Waals surface area contributed by atoms with Gasteiger partial charge in [-0.2, -0.15) is 4.98 Å². The number of benzene rings is 1. The third kappa shape index (κ3) is 4.11. The van der Waals surface area contributed by atoms with E-state index in [1.807, 2.05) is 18.2 Å². The number of piperidine rings is 1. The van der Waals surface area contributed by atoms with Gasteiger partial charge in [-0.3, -0.25) is 5.32 Å². The number of amides is 2. The van der Waals surface area contributed by atoms with Gasteiger partial charge in [-0.25, -0.2) is 18.1 Å². The van der Waals surface area contributed by atoms with Crippen molar-refractivity contribution in [3.8, 4) is 0 Å². The summed E-state index contributed by atoms with van der Waals surface area (Å²) < 4.78 is 28.3. The maximum atomic E-state index is 13.7. The van der Waals surface area contributed by atoms with E-state index in [9.17, 15) is 13.6 Å². The second kappa shape index (κ2) is 7.92. The minimum atomic E-state index is -0.555. The molecule has 0 saturated carbocycles. The van der Waals surface area contributed by atoms with Crippen LogP contribution in [0.5, 0.6) is 0 Å². The maximum absolute atomic E-state index is 13.7. The van der Waals surface area contributed by atoms with Crippen LogP contribution >= 0.6 is 0 Å². The number of carbonyl (C=O) groups is 1. The van der Waals surface area contributed by atoms with Crippen molar-refractivity contribution < 1.29 is 13.6 Å². The first-order valence-corrected chi connectivity index (χ1v) is 9.40. The molecule has 28 heavy (non-hydrogen) atoms. The topological polar surface area (TPSA) is 62.5 Å². The van der Waals surface area contributed by atoms with Crippen molar-refractivity contribution in [3.63, 3.8) is 0 Å². The Labute approximate surface area is 161 Å². The standard InChI is InChI=1S/C20H21F2N5O/c21-16-7-6-15(17(22)13-16)5-4-14-8-11-26(12-9-14)20(28)24-19-23-18-3-1-2-10-27(18)25-19/h1-3,6-7,10,13-14H,4-5,8-9,11-12H2,(H,24,25,28). The number of rotatable bonds is 4. The average Bonchev–Trinajstić information content (AvgIpc) is 3.10. The molecule has 0 unspecified atom stereocenters. The molecule has 8 heteroatoms. The highest BCUT2D eigenvalue weighted by Crippen LogP contribution is 2.24. The van der Waals surface area contributed by atoms with Gasteiger partial charge >= 0.3 is 6.03 Å². The first-order valence-electron chi connectivity index (χ1n) is 9.40. The predicted molar refractivity (Wildman–Crippen MR) is 101 cm³/mol. The number of hydrogen-bond acceptors (Lipinski definition) is 3. The van der Waals surface area contributed by atoms with E-state index in [-0.39, 0.29) is 12.0 Å². The Morgan fingerprint density at radius 2 is 2.00 bits per heavy atom. The van der Waals surface area contributed by atoms with Gasteiger partial charge in [0, 0.05) is 25.4 Å². The van der Waals surface area contributed by atoms with E-state index >= 15 is 0 Å². The Hall–Kier alpha value is -3.03. The largest absolute Gasteiger partial charge is 0.324 e. The Kier molecular flexibility index (Phi) is 5.18. The van der Waals surface area contributed by atoms with Crippen LogP contribution < -0.4 is 5.32 Å². The van der Waals surface area contributed by atoms with E-state index < -0.39 is 11.6 Å². The van der Waals surface area contributed by atoms with Gasteiger partial charge in [0.1, 0.15) is 11.6 Å². The van der Waals surface area contributed by atoms with Gasteiger partial charge < -0.3 is 4.90 Å². The number of likely N-dealkylation sites (tertiary alicyclic amines) is 1. The van der Waals surface area contributed by atoms with Crippen molar-refractivity contribution in [2.45, 2.75) is 25.7 Å². The minimum absolute atomic E-state index is 0.209. The van der Waals surface area contributed by atoms with Gasteiger partial charge in [-0.1, -0.05) is 12.1 Å². The molecule has 6 nitrogen and oxygen atoms in total. The number of hydrogen-bond donors (Lipinski definition) is 1. The SMILES string of the molecule is O=C(Nc1nc2ccccn2n1)N1CCC(CCc2ccc(F)cc2F)CC1. The number of nitrogens with zero attached hydrogens (tertiary/aromatic N) is 4. The van der Waals surface area contributed by atoms with Crippen molar-refractivity contribution >= 4 is 17.6 Å². The summed E-state index contributed by atoms with van der Waals surface area (Å²) in [4.78, 5) is 18.5. The van der Waals surface area contributed by atoms with Crippen LogP contribution in [0.3, 0.4) is 0 Å². The highest BCUT2D eigenvalue weighted by atomic mass is 19.1. The van der Waals surface area contributed by atoms with E-state index in [2.05, 4.69) is 15.4 Å². The molecule has 1 aromatic carbocycles. The van der Waals surface area contributed by atoms with Crippen molar-refractivity contribution in [3.05, 3.63) is 59.8 Å². The Morgan fingerprint density at radius 3 is 2.75 bits per heavy atom. The molecule has 1 fully saturated rings. The third-order valence-electron chi connectivity index (χ3n) is 5.20. The fourth-order valence-electron chi connectivity index (χ4n) is 3.57. The molecule has 3 heterocycles. The van der Waals surface area contributed by atoms with Crippen LogP contribution in [0.2, 0.25) is 0 Å². The zero-order valence-corrected chi connectivity index (χ0v) is 15.3. The monoisotopic (exact) mass is 385 g/mol. The number of anilines is 1. The van der Waals surface area contributed by atoms with E-state index in [0.717, 1.165) is 25.3 Å². The predicted octanol–water partition coefficient (Wildman–Crippen LogP) is 3.88. The first-order chi connectivity index (χ1) is 13.6. The summed E-state index contributed by atoms with van der Waals surface area (Å²) >= 11 is 0. The molecule has 1 N–H and O–H groups in total. The van der Waals surface area contributed by atoms with Crippen LogP contribution in [0.25, 0.3) is 5.65 Å². The summed E-state index contributed by atoms with van der Waals surface area (Å²) in [6.07, 6.45) is 4.89. The van der Waals surface area contributed by atoms with Crippen molar-refractivity contribution in [1.29, 1.82) is 0 Å². The number of pyridine rings is 1. The van der Waals surface area contributed by atoms with Crippen LogP contribution in [-0.2, 0) is 6.42 Å². The van der Waals surface area contributed by atoms with Gasteiger partial charge in [0.15, 0.2) is 5.65 Å². The zero-order chi connectivity index (χ0) is 19.5. The van der Waals surface area contributed by atoms with Gasteiger partial charge in [-0.15, -0.1) is 5.10 Å². The maximum Gasteiger partial charge on any atom is 0.324 e. The Balaban J connectivity index is 1.26. The molecule has 0 atom stereocenters. The van der Waals surface area contributed by atoms with Crippen LogP contribution in [0, 0.1) is 17.6 Å². The zero-order valence-electron chi connectivity index (χ0n) is 15.3. The molecule has 2 amide bonds. The fourth-order valence-corrected chi connectivity index (χ4v) is 3.57. The second-order valence-corrected chi connectivity index (χ2v) is 7.07. The Morgan fingerprint density at radius 1 is 1.18 bits per heavy atom. The lowest BCUT2D eigenvalue weighted by Gasteiger charge is -2.31. The molecular formula is C20H21F2N5O. The number of fused-ring (bicyclic) bond motifs is 1. The molecule has 2 aromatic heterocycles. The van der Waals surface area contributed by atoms with Gasteiger partial charge in [0.05, 0.1) is 0 Å². The van der Waals surface area contributed by atoms with Gasteiger partial charge in [-0.05, 0) is 55.4 Å². The number of nitrogens with one attached hydrogen (secondary N) is 1. The molecule has 0 bridgehead atoms. The van der Waals surface area contributed by atoms with Crippen LogP contribution in [0.1, 0.15) is 24.8 Å². The van der Waals surface area contributed by atoms with Crippen LogP contribution in [-0.4, -0.2) is 38.6 Å². The molecular weight excluding hydrogens is 364 g/mol. The molecule has 0 aliphatic carbocycles. The van der Waals surface area contributed by atoms with E-state index in [1.165, 1.54) is 12.1 Å². The number of aromatic nitrogens is 3. The molecule has 1 saturated heterocycles. The van der Waals surface area contributed by atoms with E-state index in [4.69, 9.17) is 0 Å². The van der Waals surface area contributed by atoms with Gasteiger partial charge in [0.2, 0.25) is 0 Å². The highest BCUT2D eigenvalue weighted by molar-refractivity contribution is 5.87. The lowest BCUT2D eigenvalue weighted by Crippen LogP contribution is -2.41. The first kappa shape index (κ1) is 18.3. The van der Waals surface area contributed by atoms with Crippen molar-refractivity contribution in [1.82, 2.24) is 19.5 Å². The lowest BCUT2D eigenvalue weighted by atomic mass is 9.90. The summed E-state index contributed by atoms with van der Waals surface area (Å²) in [6, 6.07) is 9.04. The molecule has 1 aliphatic heterocycles. The van der Waals surface area contributed by atoms with E-state index in [0.29, 0.717) is 36.6 Å².